The van der Waals surface area contributed by atoms with Crippen LogP contribution >= 0.6 is 0 Å². The lowest BCUT2D eigenvalue weighted by Crippen LogP contribution is -2.55. The van der Waals surface area contributed by atoms with Crippen LogP contribution in [0.25, 0.3) is 0 Å². The van der Waals surface area contributed by atoms with Crippen LogP contribution in [0.5, 0.6) is 0 Å². The van der Waals surface area contributed by atoms with Crippen molar-refractivity contribution in [3.8, 4) is 0 Å². The Balaban J connectivity index is 2.35. The number of hydrogen-bond donors (Lipinski definition) is 0. The summed E-state index contributed by atoms with van der Waals surface area (Å²) in [6.45, 7) is -0.227. The number of benzene rings is 1. The highest BCUT2D eigenvalue weighted by atomic mass is 19.2. The van der Waals surface area contributed by atoms with Gasteiger partial charge in [0.1, 0.15) is 0 Å². The highest BCUT2D eigenvalue weighted by molar-refractivity contribution is 6.13. The Labute approximate surface area is 101 Å². The second-order valence-electron chi connectivity index (χ2n) is 4.02. The molecule has 1 aliphatic heterocycles. The lowest BCUT2D eigenvalue weighted by atomic mass is 9.78. The van der Waals surface area contributed by atoms with Crippen molar-refractivity contribution in [2.24, 2.45) is 5.41 Å². The Morgan fingerprint density at radius 2 is 1.94 bits per heavy atom. The van der Waals surface area contributed by atoms with E-state index in [1.54, 1.807) is 0 Å². The normalized spacial score (nSPS) is 16.8. The number of rotatable bonds is 3. The highest BCUT2D eigenvalue weighted by Gasteiger charge is 2.54. The molecule has 1 saturated heterocycles. The number of halogens is 2. The maximum absolute atomic E-state index is 13.1. The summed E-state index contributed by atoms with van der Waals surface area (Å²) in [5.41, 5.74) is -1.51. The van der Waals surface area contributed by atoms with Gasteiger partial charge in [-0.2, -0.15) is 0 Å². The first-order valence-electron chi connectivity index (χ1n) is 5.17. The molecule has 0 aliphatic carbocycles. The zero-order valence-electron chi connectivity index (χ0n) is 9.54. The second-order valence-corrected chi connectivity index (χ2v) is 4.02. The van der Waals surface area contributed by atoms with Crippen LogP contribution in [0.1, 0.15) is 10.4 Å². The van der Waals surface area contributed by atoms with E-state index in [2.05, 4.69) is 4.74 Å². The molecule has 1 aromatic carbocycles. The summed E-state index contributed by atoms with van der Waals surface area (Å²) < 4.78 is 35.2. The Kier molecular flexibility index (Phi) is 3.13. The van der Waals surface area contributed by atoms with E-state index >= 15 is 0 Å². The van der Waals surface area contributed by atoms with Gasteiger partial charge in [-0.15, -0.1) is 0 Å². The van der Waals surface area contributed by atoms with E-state index in [0.29, 0.717) is 0 Å². The molecule has 0 bridgehead atoms. The molecular weight excluding hydrogens is 246 g/mol. The molecule has 18 heavy (non-hydrogen) atoms. The van der Waals surface area contributed by atoms with Crippen LogP contribution < -0.4 is 0 Å². The lowest BCUT2D eigenvalue weighted by Gasteiger charge is -2.36. The lowest BCUT2D eigenvalue weighted by molar-refractivity contribution is -0.172. The zero-order valence-corrected chi connectivity index (χ0v) is 9.54. The van der Waals surface area contributed by atoms with Gasteiger partial charge >= 0.3 is 5.97 Å². The first-order valence-corrected chi connectivity index (χ1v) is 5.17. The van der Waals surface area contributed by atoms with Gasteiger partial charge in [0.25, 0.3) is 0 Å². The van der Waals surface area contributed by atoms with Crippen LogP contribution in [0.3, 0.4) is 0 Å². The molecule has 96 valence electrons. The standard InChI is InChI=1S/C12H10F2O4/c1-17-11(16)12(5-18-6-12)10(15)7-2-3-8(13)9(14)4-7/h2-4H,5-6H2,1H3. The number of Topliss-reactive ketones (excluding diaryl/α,β-unsaturated/α-hetero) is 1. The molecule has 0 radical (unpaired) electrons. The molecule has 0 atom stereocenters. The van der Waals surface area contributed by atoms with Crippen molar-refractivity contribution in [3.63, 3.8) is 0 Å². The fraction of sp³-hybridized carbons (Fsp3) is 0.333. The SMILES string of the molecule is COC(=O)C1(C(=O)c2ccc(F)c(F)c2)COC1. The van der Waals surface area contributed by atoms with E-state index in [4.69, 9.17) is 4.74 Å². The molecule has 1 aliphatic rings. The van der Waals surface area contributed by atoms with Crippen molar-refractivity contribution in [3.05, 3.63) is 35.4 Å². The molecule has 2 rings (SSSR count). The molecule has 6 heteroatoms. The fourth-order valence-corrected chi connectivity index (χ4v) is 1.76. The highest BCUT2D eigenvalue weighted by Crippen LogP contribution is 2.33. The predicted octanol–water partition coefficient (Wildman–Crippen LogP) is 1.34. The molecule has 1 heterocycles. The van der Waals surface area contributed by atoms with Gasteiger partial charge in [0.05, 0.1) is 20.3 Å². The monoisotopic (exact) mass is 256 g/mol. The number of carbonyl (C=O) groups excluding carboxylic acids is 2. The van der Waals surface area contributed by atoms with Crippen molar-refractivity contribution in [1.82, 2.24) is 0 Å². The van der Waals surface area contributed by atoms with Crippen molar-refractivity contribution < 1.29 is 27.8 Å². The summed E-state index contributed by atoms with van der Waals surface area (Å²) in [5, 5.41) is 0. The fourth-order valence-electron chi connectivity index (χ4n) is 1.76. The summed E-state index contributed by atoms with van der Waals surface area (Å²) in [6.07, 6.45) is 0. The van der Waals surface area contributed by atoms with E-state index in [-0.39, 0.29) is 18.8 Å². The third-order valence-corrected chi connectivity index (χ3v) is 2.89. The topological polar surface area (TPSA) is 52.6 Å². The van der Waals surface area contributed by atoms with Crippen LogP contribution in [0.15, 0.2) is 18.2 Å². The predicted molar refractivity (Wildman–Crippen MR) is 56.0 cm³/mol. The van der Waals surface area contributed by atoms with Gasteiger partial charge in [-0.05, 0) is 18.2 Å². The van der Waals surface area contributed by atoms with E-state index in [1.807, 2.05) is 0 Å². The number of methoxy groups -OCH3 is 1. The zero-order chi connectivity index (χ0) is 13.3. The van der Waals surface area contributed by atoms with E-state index in [1.165, 1.54) is 0 Å². The Morgan fingerprint density at radius 3 is 2.39 bits per heavy atom. The Bertz CT molecular complexity index is 509. The maximum atomic E-state index is 13.1. The van der Waals surface area contributed by atoms with E-state index in [9.17, 15) is 18.4 Å². The van der Waals surface area contributed by atoms with Crippen LogP contribution in [-0.4, -0.2) is 32.1 Å². The molecule has 0 N–H and O–H groups in total. The Hall–Kier alpha value is -1.82. The minimum absolute atomic E-state index is 0.0809. The number of hydrogen-bond acceptors (Lipinski definition) is 4. The quantitative estimate of drug-likeness (QED) is 0.465. The van der Waals surface area contributed by atoms with E-state index in [0.717, 1.165) is 25.3 Å². The van der Waals surface area contributed by atoms with Crippen molar-refractivity contribution in [2.45, 2.75) is 0 Å². The molecule has 0 unspecified atom stereocenters. The third kappa shape index (κ3) is 1.78. The van der Waals surface area contributed by atoms with Gasteiger partial charge in [0.2, 0.25) is 0 Å². The van der Waals surface area contributed by atoms with Crippen molar-refractivity contribution in [1.29, 1.82) is 0 Å². The van der Waals surface area contributed by atoms with Crippen LogP contribution in [-0.2, 0) is 14.3 Å². The number of ketones is 1. The van der Waals surface area contributed by atoms with Crippen LogP contribution in [0.4, 0.5) is 8.78 Å². The summed E-state index contributed by atoms with van der Waals surface area (Å²) >= 11 is 0. The van der Waals surface area contributed by atoms with Crippen LogP contribution in [0, 0.1) is 17.0 Å². The summed E-state index contributed by atoms with van der Waals surface area (Å²) in [7, 11) is 1.15. The minimum atomic E-state index is -1.43. The smallest absolute Gasteiger partial charge is 0.324 e. The van der Waals surface area contributed by atoms with Gasteiger partial charge in [-0.1, -0.05) is 0 Å². The van der Waals surface area contributed by atoms with Gasteiger partial charge in [-0.3, -0.25) is 9.59 Å². The molecule has 0 aromatic heterocycles. The second kappa shape index (κ2) is 4.45. The maximum Gasteiger partial charge on any atom is 0.324 e. The molecule has 0 amide bonds. The first kappa shape index (κ1) is 12.6. The van der Waals surface area contributed by atoms with Crippen molar-refractivity contribution >= 4 is 11.8 Å². The first-order chi connectivity index (χ1) is 8.51. The number of ether oxygens (including phenoxy) is 2. The Morgan fingerprint density at radius 1 is 1.28 bits per heavy atom. The molecule has 1 aromatic rings. The summed E-state index contributed by atoms with van der Waals surface area (Å²) in [6, 6.07) is 2.73. The minimum Gasteiger partial charge on any atom is -0.468 e. The number of carbonyl (C=O) groups is 2. The molecule has 1 fully saturated rings. The van der Waals surface area contributed by atoms with Gasteiger partial charge < -0.3 is 9.47 Å². The molecule has 0 saturated carbocycles. The van der Waals surface area contributed by atoms with Gasteiger partial charge in [0.15, 0.2) is 22.8 Å². The van der Waals surface area contributed by atoms with Gasteiger partial charge in [0, 0.05) is 5.56 Å². The molecular formula is C12H10F2O4. The molecule has 4 nitrogen and oxygen atoms in total. The van der Waals surface area contributed by atoms with Crippen molar-refractivity contribution in [2.75, 3.05) is 20.3 Å². The largest absolute Gasteiger partial charge is 0.468 e. The summed E-state index contributed by atoms with van der Waals surface area (Å²) in [5.74, 6) is -3.55. The van der Waals surface area contributed by atoms with E-state index < -0.39 is 28.8 Å². The number of esters is 1. The van der Waals surface area contributed by atoms with Crippen LogP contribution in [0.2, 0.25) is 0 Å². The third-order valence-electron chi connectivity index (χ3n) is 2.89. The average molecular weight is 256 g/mol. The summed E-state index contributed by atoms with van der Waals surface area (Å²) in [4.78, 5) is 23.7. The van der Waals surface area contributed by atoms with Gasteiger partial charge in [-0.25, -0.2) is 8.78 Å². The average Bonchev–Trinajstić information content (AvgIpc) is 2.30. The molecule has 0 spiro atoms.